The van der Waals surface area contributed by atoms with Crippen LogP contribution in [0.15, 0.2) is 60.7 Å². The molecule has 0 N–H and O–H groups in total. The van der Waals surface area contributed by atoms with Crippen molar-refractivity contribution in [2.75, 3.05) is 26.3 Å². The number of benzene rings is 2. The Morgan fingerprint density at radius 2 is 1.81 bits per heavy atom. The van der Waals surface area contributed by atoms with Crippen molar-refractivity contribution in [3.63, 3.8) is 0 Å². The summed E-state index contributed by atoms with van der Waals surface area (Å²) in [4.78, 5) is 14.9. The summed E-state index contributed by atoms with van der Waals surface area (Å²) in [6.45, 7) is 6.89. The highest BCUT2D eigenvalue weighted by molar-refractivity contribution is 5.78. The van der Waals surface area contributed by atoms with Crippen LogP contribution in [0.3, 0.4) is 0 Å². The van der Waals surface area contributed by atoms with E-state index in [1.807, 2.05) is 55.5 Å². The predicted molar refractivity (Wildman–Crippen MR) is 107 cm³/mol. The molecule has 4 heteroatoms. The van der Waals surface area contributed by atoms with Gasteiger partial charge in [-0.25, -0.2) is 0 Å². The lowest BCUT2D eigenvalue weighted by molar-refractivity contribution is -0.147. The number of nitrogens with zero attached hydrogens (tertiary/aromatic N) is 1. The van der Waals surface area contributed by atoms with Gasteiger partial charge < -0.3 is 9.47 Å². The molecule has 0 aromatic heterocycles. The van der Waals surface area contributed by atoms with Crippen molar-refractivity contribution >= 4 is 5.97 Å². The topological polar surface area (TPSA) is 38.8 Å². The minimum Gasteiger partial charge on any atom is -0.464 e. The molecule has 4 nitrogen and oxygen atoms in total. The molecule has 3 atom stereocenters. The Morgan fingerprint density at radius 1 is 1.15 bits per heavy atom. The van der Waals surface area contributed by atoms with Gasteiger partial charge in [0.05, 0.1) is 18.6 Å². The first-order chi connectivity index (χ1) is 13.2. The van der Waals surface area contributed by atoms with E-state index in [1.165, 1.54) is 5.56 Å². The summed E-state index contributed by atoms with van der Waals surface area (Å²) in [7, 11) is 0. The van der Waals surface area contributed by atoms with E-state index in [0.29, 0.717) is 13.2 Å². The van der Waals surface area contributed by atoms with Crippen molar-refractivity contribution in [3.8, 4) is 0 Å². The Labute approximate surface area is 162 Å². The smallest absolute Gasteiger partial charge is 0.313 e. The summed E-state index contributed by atoms with van der Waals surface area (Å²) in [6.07, 6.45) is 0.802. The summed E-state index contributed by atoms with van der Waals surface area (Å²) in [5, 5.41) is 0. The van der Waals surface area contributed by atoms with Crippen LogP contribution < -0.4 is 0 Å². The molecule has 3 rings (SSSR count). The maximum atomic E-state index is 12.5. The number of rotatable bonds is 7. The average molecular weight is 367 g/mol. The van der Waals surface area contributed by atoms with E-state index in [0.717, 1.165) is 25.1 Å². The lowest BCUT2D eigenvalue weighted by Gasteiger charge is -2.39. The van der Waals surface area contributed by atoms with Crippen molar-refractivity contribution in [2.45, 2.75) is 38.3 Å². The number of ether oxygens (including phenoxy) is 2. The predicted octanol–water partition coefficient (Wildman–Crippen LogP) is 4.19. The molecule has 144 valence electrons. The third kappa shape index (κ3) is 4.96. The molecule has 1 saturated heterocycles. The molecule has 27 heavy (non-hydrogen) atoms. The van der Waals surface area contributed by atoms with Gasteiger partial charge in [0, 0.05) is 19.1 Å². The maximum Gasteiger partial charge on any atom is 0.313 e. The van der Waals surface area contributed by atoms with Crippen LogP contribution in [0.4, 0.5) is 0 Å². The lowest BCUT2D eigenvalue weighted by atomic mass is 9.97. The second-order valence-electron chi connectivity index (χ2n) is 7.02. The molecule has 2 aromatic carbocycles. The molecule has 0 bridgehead atoms. The van der Waals surface area contributed by atoms with Crippen molar-refractivity contribution < 1.29 is 14.3 Å². The molecule has 0 unspecified atom stereocenters. The Kier molecular flexibility index (Phi) is 7.02. The second-order valence-corrected chi connectivity index (χ2v) is 7.02. The molecule has 1 heterocycles. The standard InChI is InChI=1S/C23H29NO3/c1-3-21(19-10-6-4-7-11-19)23(25)27-17-15-24-14-16-26-22(18(24)2)20-12-8-5-9-13-20/h4-13,18,21-22H,3,14-17H2,1-2H3/t18-,21-,22+/m0/s1. The first kappa shape index (κ1) is 19.6. The van der Waals surface area contributed by atoms with Gasteiger partial charge in [-0.3, -0.25) is 9.69 Å². The highest BCUT2D eigenvalue weighted by Crippen LogP contribution is 2.28. The number of carbonyl (C=O) groups excluding carboxylic acids is 1. The van der Waals surface area contributed by atoms with Gasteiger partial charge in [0.25, 0.3) is 0 Å². The zero-order chi connectivity index (χ0) is 19.1. The maximum absolute atomic E-state index is 12.5. The molecule has 0 spiro atoms. The van der Waals surface area contributed by atoms with Crippen LogP contribution in [-0.4, -0.2) is 43.2 Å². The van der Waals surface area contributed by atoms with Crippen molar-refractivity contribution in [1.29, 1.82) is 0 Å². The van der Waals surface area contributed by atoms with E-state index < -0.39 is 0 Å². The molecule has 1 aliphatic rings. The first-order valence-corrected chi connectivity index (χ1v) is 9.83. The molecular weight excluding hydrogens is 338 g/mol. The number of hydrogen-bond donors (Lipinski definition) is 0. The zero-order valence-corrected chi connectivity index (χ0v) is 16.2. The minimum atomic E-state index is -0.189. The van der Waals surface area contributed by atoms with E-state index in [2.05, 4.69) is 24.0 Å². The van der Waals surface area contributed by atoms with Crippen molar-refractivity contribution in [3.05, 3.63) is 71.8 Å². The number of morpholine rings is 1. The van der Waals surface area contributed by atoms with Gasteiger partial charge in [-0.15, -0.1) is 0 Å². The van der Waals surface area contributed by atoms with Crippen LogP contribution in [0, 0.1) is 0 Å². The fraction of sp³-hybridized carbons (Fsp3) is 0.435. The second kappa shape index (κ2) is 9.67. The monoisotopic (exact) mass is 367 g/mol. The molecule has 1 fully saturated rings. The van der Waals surface area contributed by atoms with Crippen LogP contribution in [-0.2, 0) is 14.3 Å². The normalized spacial score (nSPS) is 21.6. The summed E-state index contributed by atoms with van der Waals surface area (Å²) < 4.78 is 11.6. The van der Waals surface area contributed by atoms with E-state index in [4.69, 9.17) is 9.47 Å². The van der Waals surface area contributed by atoms with Crippen LogP contribution >= 0.6 is 0 Å². The van der Waals surface area contributed by atoms with E-state index >= 15 is 0 Å². The van der Waals surface area contributed by atoms with Gasteiger partial charge in [-0.1, -0.05) is 67.6 Å². The summed E-state index contributed by atoms with van der Waals surface area (Å²) >= 11 is 0. The summed E-state index contributed by atoms with van der Waals surface area (Å²) in [5.41, 5.74) is 2.22. The number of carbonyl (C=O) groups is 1. The Balaban J connectivity index is 1.53. The SMILES string of the molecule is CC[C@H](C(=O)OCCN1CCO[C@@H](c2ccccc2)[C@@H]1C)c1ccccc1. The summed E-state index contributed by atoms with van der Waals surface area (Å²) in [6, 6.07) is 20.4. The molecule has 0 radical (unpaired) electrons. The van der Waals surface area contributed by atoms with E-state index in [1.54, 1.807) is 0 Å². The fourth-order valence-electron chi connectivity index (χ4n) is 3.75. The van der Waals surface area contributed by atoms with Crippen molar-refractivity contribution in [2.24, 2.45) is 0 Å². The highest BCUT2D eigenvalue weighted by atomic mass is 16.5. The summed E-state index contributed by atoms with van der Waals surface area (Å²) in [5.74, 6) is -0.324. The Morgan fingerprint density at radius 3 is 2.48 bits per heavy atom. The van der Waals surface area contributed by atoms with Gasteiger partial charge in [-0.2, -0.15) is 0 Å². The molecule has 0 amide bonds. The number of hydrogen-bond acceptors (Lipinski definition) is 4. The third-order valence-electron chi connectivity index (χ3n) is 5.34. The van der Waals surface area contributed by atoms with Gasteiger partial charge in [0.15, 0.2) is 0 Å². The Bertz CT molecular complexity index is 704. The van der Waals surface area contributed by atoms with E-state index in [9.17, 15) is 4.79 Å². The zero-order valence-electron chi connectivity index (χ0n) is 16.2. The third-order valence-corrected chi connectivity index (χ3v) is 5.34. The molecular formula is C23H29NO3. The van der Waals surface area contributed by atoms with E-state index in [-0.39, 0.29) is 24.0 Å². The minimum absolute atomic E-state index is 0.0587. The van der Waals surface area contributed by atoms with Gasteiger partial charge in [-0.05, 0) is 24.5 Å². The van der Waals surface area contributed by atoms with Crippen molar-refractivity contribution in [1.82, 2.24) is 4.90 Å². The van der Waals surface area contributed by atoms with Gasteiger partial charge >= 0.3 is 5.97 Å². The van der Waals surface area contributed by atoms with Crippen LogP contribution in [0.25, 0.3) is 0 Å². The quantitative estimate of drug-likeness (QED) is 0.688. The van der Waals surface area contributed by atoms with Crippen LogP contribution in [0.5, 0.6) is 0 Å². The molecule has 0 aliphatic carbocycles. The molecule has 0 saturated carbocycles. The Hall–Kier alpha value is -2.17. The van der Waals surface area contributed by atoms with Crippen LogP contribution in [0.2, 0.25) is 0 Å². The lowest BCUT2D eigenvalue weighted by Crippen LogP contribution is -2.47. The molecule has 2 aromatic rings. The fourth-order valence-corrected chi connectivity index (χ4v) is 3.75. The average Bonchev–Trinajstić information content (AvgIpc) is 2.71. The molecule has 1 aliphatic heterocycles. The first-order valence-electron chi connectivity index (χ1n) is 9.83. The van der Waals surface area contributed by atoms with Gasteiger partial charge in [0.2, 0.25) is 0 Å². The van der Waals surface area contributed by atoms with Gasteiger partial charge in [0.1, 0.15) is 6.61 Å². The van der Waals surface area contributed by atoms with Crippen LogP contribution in [0.1, 0.15) is 43.4 Å². The number of esters is 1. The largest absolute Gasteiger partial charge is 0.464 e. The highest BCUT2D eigenvalue weighted by Gasteiger charge is 2.30.